The first-order valence-electron chi connectivity index (χ1n) is 8.12. The maximum Gasteiger partial charge on any atom is 0.242 e. The molecule has 0 aliphatic heterocycles. The number of benzene rings is 1. The molecule has 0 saturated carbocycles. The molecule has 3 rings (SSSR count). The molecule has 0 spiro atoms. The van der Waals surface area contributed by atoms with E-state index in [2.05, 4.69) is 23.9 Å². The molecule has 3 aromatic rings. The number of nitrogens with zero attached hydrogens (tertiary/aromatic N) is 3. The summed E-state index contributed by atoms with van der Waals surface area (Å²) in [5.74, 6) is 0.533. The standard InChI is InChI=1S/C19H21N3O2S/c1-4-18-20-17(14(2)25-18)11-10-15-12-22(16-8-6-5-7-9-16)21-19(15)24-13-23-3/h5-12H,4,13H2,1-3H3/b11-10+. The maximum atomic E-state index is 5.61. The highest BCUT2D eigenvalue weighted by Crippen LogP contribution is 2.24. The molecule has 0 aliphatic carbocycles. The van der Waals surface area contributed by atoms with Crippen molar-refractivity contribution in [3.05, 3.63) is 57.7 Å². The van der Waals surface area contributed by atoms with Crippen LogP contribution in [-0.2, 0) is 11.2 Å². The smallest absolute Gasteiger partial charge is 0.242 e. The Bertz CT molecular complexity index is 853. The summed E-state index contributed by atoms with van der Waals surface area (Å²) in [5, 5.41) is 5.67. The molecule has 0 atom stereocenters. The van der Waals surface area contributed by atoms with Gasteiger partial charge in [0.25, 0.3) is 0 Å². The lowest BCUT2D eigenvalue weighted by molar-refractivity contribution is 0.0474. The summed E-state index contributed by atoms with van der Waals surface area (Å²) in [4.78, 5) is 5.85. The Morgan fingerprint density at radius 1 is 1.20 bits per heavy atom. The van der Waals surface area contributed by atoms with Crippen molar-refractivity contribution in [1.82, 2.24) is 14.8 Å². The normalized spacial score (nSPS) is 11.3. The Morgan fingerprint density at radius 2 is 2.00 bits per heavy atom. The number of hydrogen-bond acceptors (Lipinski definition) is 5. The van der Waals surface area contributed by atoms with Crippen LogP contribution in [0.5, 0.6) is 5.88 Å². The lowest BCUT2D eigenvalue weighted by Crippen LogP contribution is -2.01. The molecule has 2 heterocycles. The molecule has 0 aliphatic rings. The minimum Gasteiger partial charge on any atom is -0.449 e. The molecular weight excluding hydrogens is 334 g/mol. The van der Waals surface area contributed by atoms with E-state index in [4.69, 9.17) is 9.47 Å². The zero-order valence-electron chi connectivity index (χ0n) is 14.6. The Balaban J connectivity index is 1.91. The zero-order valence-corrected chi connectivity index (χ0v) is 15.4. The molecule has 25 heavy (non-hydrogen) atoms. The maximum absolute atomic E-state index is 5.61. The van der Waals surface area contributed by atoms with Gasteiger partial charge in [0, 0.05) is 18.2 Å². The van der Waals surface area contributed by atoms with Crippen molar-refractivity contribution in [1.29, 1.82) is 0 Å². The Hall–Kier alpha value is -2.44. The second kappa shape index (κ2) is 8.09. The molecule has 0 amide bonds. The third-order valence-electron chi connectivity index (χ3n) is 3.64. The van der Waals surface area contributed by atoms with E-state index < -0.39 is 0 Å². The van der Waals surface area contributed by atoms with Crippen LogP contribution in [0.1, 0.15) is 28.1 Å². The van der Waals surface area contributed by atoms with Gasteiger partial charge in [-0.05, 0) is 37.6 Å². The molecule has 5 nitrogen and oxygen atoms in total. The van der Waals surface area contributed by atoms with E-state index in [-0.39, 0.29) is 6.79 Å². The van der Waals surface area contributed by atoms with E-state index in [9.17, 15) is 0 Å². The van der Waals surface area contributed by atoms with Crippen LogP contribution in [-0.4, -0.2) is 28.7 Å². The van der Waals surface area contributed by atoms with Gasteiger partial charge in [-0.15, -0.1) is 16.4 Å². The fourth-order valence-corrected chi connectivity index (χ4v) is 3.23. The Labute approximate surface area is 151 Å². The van der Waals surface area contributed by atoms with Crippen LogP contribution in [0.2, 0.25) is 0 Å². The van der Waals surface area contributed by atoms with E-state index in [0.29, 0.717) is 5.88 Å². The number of para-hydroxylation sites is 1. The number of aryl methyl sites for hydroxylation is 2. The summed E-state index contributed by atoms with van der Waals surface area (Å²) < 4.78 is 12.4. The molecule has 0 bridgehead atoms. The number of methoxy groups -OCH3 is 1. The highest BCUT2D eigenvalue weighted by atomic mass is 32.1. The van der Waals surface area contributed by atoms with Crippen LogP contribution in [0, 0.1) is 6.92 Å². The molecule has 2 aromatic heterocycles. The number of aromatic nitrogens is 3. The average Bonchev–Trinajstić information content (AvgIpc) is 3.22. The van der Waals surface area contributed by atoms with E-state index in [1.807, 2.05) is 48.7 Å². The second-order valence-corrected chi connectivity index (χ2v) is 6.74. The van der Waals surface area contributed by atoms with Crippen molar-refractivity contribution in [3.8, 4) is 11.6 Å². The summed E-state index contributed by atoms with van der Waals surface area (Å²) in [5.41, 5.74) is 2.85. The van der Waals surface area contributed by atoms with Crippen LogP contribution in [0.25, 0.3) is 17.8 Å². The molecular formula is C19H21N3O2S. The van der Waals surface area contributed by atoms with Gasteiger partial charge in [0.15, 0.2) is 6.79 Å². The first-order valence-corrected chi connectivity index (χ1v) is 8.94. The van der Waals surface area contributed by atoms with Crippen molar-refractivity contribution in [3.63, 3.8) is 0 Å². The van der Waals surface area contributed by atoms with Gasteiger partial charge in [0.1, 0.15) is 0 Å². The molecule has 1 aromatic carbocycles. The predicted octanol–water partition coefficient (Wildman–Crippen LogP) is 4.35. The number of ether oxygens (including phenoxy) is 2. The number of hydrogen-bond donors (Lipinski definition) is 0. The van der Waals surface area contributed by atoms with Crippen LogP contribution in [0.4, 0.5) is 0 Å². The lowest BCUT2D eigenvalue weighted by atomic mass is 10.2. The van der Waals surface area contributed by atoms with Crippen LogP contribution in [0.3, 0.4) is 0 Å². The second-order valence-electron chi connectivity index (χ2n) is 5.46. The van der Waals surface area contributed by atoms with E-state index in [0.717, 1.165) is 28.4 Å². The topological polar surface area (TPSA) is 49.2 Å². The fraction of sp³-hybridized carbons (Fsp3) is 0.263. The van der Waals surface area contributed by atoms with Gasteiger partial charge >= 0.3 is 0 Å². The first-order chi connectivity index (χ1) is 12.2. The minimum atomic E-state index is 0.155. The molecule has 0 saturated heterocycles. The van der Waals surface area contributed by atoms with Crippen molar-refractivity contribution in [2.24, 2.45) is 0 Å². The van der Waals surface area contributed by atoms with E-state index in [1.54, 1.807) is 23.1 Å². The van der Waals surface area contributed by atoms with Gasteiger partial charge in [-0.1, -0.05) is 25.1 Å². The number of rotatable bonds is 7. The summed E-state index contributed by atoms with van der Waals surface area (Å²) >= 11 is 1.74. The molecule has 130 valence electrons. The number of thiazole rings is 1. The fourth-order valence-electron chi connectivity index (χ4n) is 2.37. The summed E-state index contributed by atoms with van der Waals surface area (Å²) in [6, 6.07) is 9.93. The molecule has 6 heteroatoms. The monoisotopic (exact) mass is 355 g/mol. The average molecular weight is 355 g/mol. The lowest BCUT2D eigenvalue weighted by Gasteiger charge is -2.01. The van der Waals surface area contributed by atoms with Gasteiger partial charge in [0.05, 0.1) is 22.0 Å². The minimum absolute atomic E-state index is 0.155. The molecule has 0 fully saturated rings. The van der Waals surface area contributed by atoms with Crippen molar-refractivity contribution in [2.75, 3.05) is 13.9 Å². The van der Waals surface area contributed by atoms with Crippen LogP contribution < -0.4 is 4.74 Å². The van der Waals surface area contributed by atoms with Gasteiger partial charge in [-0.3, -0.25) is 0 Å². The highest BCUT2D eigenvalue weighted by molar-refractivity contribution is 7.11. The van der Waals surface area contributed by atoms with Gasteiger partial charge in [-0.2, -0.15) is 0 Å². The third kappa shape index (κ3) is 4.15. The van der Waals surface area contributed by atoms with Gasteiger partial charge in [0.2, 0.25) is 5.88 Å². The predicted molar refractivity (Wildman–Crippen MR) is 101 cm³/mol. The van der Waals surface area contributed by atoms with Gasteiger partial charge < -0.3 is 9.47 Å². The Morgan fingerprint density at radius 3 is 2.68 bits per heavy atom. The summed E-state index contributed by atoms with van der Waals surface area (Å²) in [6.45, 7) is 4.36. The Kier molecular flexibility index (Phi) is 5.63. The first kappa shape index (κ1) is 17.4. The van der Waals surface area contributed by atoms with E-state index >= 15 is 0 Å². The SMILES string of the molecule is CCc1nc(/C=C/c2cn(-c3ccccc3)nc2OCOC)c(C)s1. The molecule has 0 unspecified atom stereocenters. The van der Waals surface area contributed by atoms with Crippen LogP contribution >= 0.6 is 11.3 Å². The highest BCUT2D eigenvalue weighted by Gasteiger charge is 2.10. The third-order valence-corrected chi connectivity index (χ3v) is 4.77. The largest absolute Gasteiger partial charge is 0.449 e. The van der Waals surface area contributed by atoms with E-state index in [1.165, 1.54) is 4.88 Å². The van der Waals surface area contributed by atoms with Crippen molar-refractivity contribution < 1.29 is 9.47 Å². The van der Waals surface area contributed by atoms with Crippen molar-refractivity contribution >= 4 is 23.5 Å². The molecule has 0 radical (unpaired) electrons. The quantitative estimate of drug-likeness (QED) is 0.591. The summed E-state index contributed by atoms with van der Waals surface area (Å²) in [7, 11) is 1.59. The van der Waals surface area contributed by atoms with Gasteiger partial charge in [-0.25, -0.2) is 9.67 Å². The van der Waals surface area contributed by atoms with Crippen molar-refractivity contribution in [2.45, 2.75) is 20.3 Å². The summed E-state index contributed by atoms with van der Waals surface area (Å²) in [6.07, 6.45) is 6.89. The van der Waals surface area contributed by atoms with Crippen LogP contribution in [0.15, 0.2) is 36.5 Å². The molecule has 0 N–H and O–H groups in total. The zero-order chi connectivity index (χ0) is 17.6.